The minimum atomic E-state index is 0.0222. The quantitative estimate of drug-likeness (QED) is 0.770. The molecule has 1 heterocycles. The molecule has 2 aromatic rings. The number of carbonyl (C=O) groups is 1. The van der Waals surface area contributed by atoms with Gasteiger partial charge in [-0.2, -0.15) is 0 Å². The topological polar surface area (TPSA) is 26.3 Å². The summed E-state index contributed by atoms with van der Waals surface area (Å²) < 4.78 is 5.36. The maximum absolute atomic E-state index is 11.6. The molecule has 2 nitrogen and oxygen atoms in total. The number of carbonyl (C=O) groups excluding carboxylic acids is 1. The fourth-order valence-electron chi connectivity index (χ4n) is 1.35. The number of halogens is 1. The van der Waals surface area contributed by atoms with E-state index in [1.807, 2.05) is 23.6 Å². The van der Waals surface area contributed by atoms with Crippen molar-refractivity contribution < 1.29 is 9.53 Å². The summed E-state index contributed by atoms with van der Waals surface area (Å²) in [6.45, 7) is 0.539. The van der Waals surface area contributed by atoms with Gasteiger partial charge in [-0.05, 0) is 29.1 Å². The summed E-state index contributed by atoms with van der Waals surface area (Å²) in [4.78, 5) is 12.4. The SMILES string of the molecule is O=C(COCc1ccc(Cl)cc1)c1cccs1. The molecule has 0 amide bonds. The molecule has 0 saturated heterocycles. The van der Waals surface area contributed by atoms with Gasteiger partial charge in [0.2, 0.25) is 0 Å². The summed E-state index contributed by atoms with van der Waals surface area (Å²) in [5.74, 6) is 0.0222. The van der Waals surface area contributed by atoms with Gasteiger partial charge in [-0.25, -0.2) is 0 Å². The number of rotatable bonds is 5. The lowest BCUT2D eigenvalue weighted by Crippen LogP contribution is -2.07. The van der Waals surface area contributed by atoms with Gasteiger partial charge in [0.15, 0.2) is 5.78 Å². The van der Waals surface area contributed by atoms with E-state index in [0.717, 1.165) is 10.4 Å². The summed E-state index contributed by atoms with van der Waals surface area (Å²) >= 11 is 7.20. The van der Waals surface area contributed by atoms with Gasteiger partial charge >= 0.3 is 0 Å². The van der Waals surface area contributed by atoms with Crippen molar-refractivity contribution in [1.29, 1.82) is 0 Å². The summed E-state index contributed by atoms with van der Waals surface area (Å²) in [5.41, 5.74) is 1.01. The zero-order valence-electron chi connectivity index (χ0n) is 9.06. The Morgan fingerprint density at radius 2 is 2.00 bits per heavy atom. The van der Waals surface area contributed by atoms with E-state index in [-0.39, 0.29) is 12.4 Å². The van der Waals surface area contributed by atoms with Crippen LogP contribution in [-0.2, 0) is 11.3 Å². The second kappa shape index (κ2) is 5.96. The average molecular weight is 267 g/mol. The lowest BCUT2D eigenvalue weighted by molar-refractivity contribution is 0.0730. The van der Waals surface area contributed by atoms with Crippen LogP contribution in [0.3, 0.4) is 0 Å². The standard InChI is InChI=1S/C13H11ClO2S/c14-11-5-3-10(4-6-11)8-16-9-12(15)13-2-1-7-17-13/h1-7H,8-9H2. The summed E-state index contributed by atoms with van der Waals surface area (Å²) in [6, 6.07) is 11.0. The van der Waals surface area contributed by atoms with Crippen LogP contribution in [-0.4, -0.2) is 12.4 Å². The first kappa shape index (κ1) is 12.3. The van der Waals surface area contributed by atoms with Crippen LogP contribution in [0.5, 0.6) is 0 Å². The van der Waals surface area contributed by atoms with Crippen LogP contribution in [0.25, 0.3) is 0 Å². The molecule has 2 rings (SSSR count). The summed E-state index contributed by atoms with van der Waals surface area (Å²) in [6.07, 6.45) is 0. The number of ketones is 1. The second-order valence-electron chi connectivity index (χ2n) is 3.52. The molecular weight excluding hydrogens is 256 g/mol. The first-order valence-corrected chi connectivity index (χ1v) is 6.40. The van der Waals surface area contributed by atoms with E-state index in [2.05, 4.69) is 0 Å². The molecule has 0 N–H and O–H groups in total. The molecule has 0 fully saturated rings. The van der Waals surface area contributed by atoms with E-state index >= 15 is 0 Å². The van der Waals surface area contributed by atoms with Gasteiger partial charge in [-0.1, -0.05) is 29.8 Å². The Balaban J connectivity index is 1.80. The minimum Gasteiger partial charge on any atom is -0.369 e. The molecule has 1 aromatic carbocycles. The number of Topliss-reactive ketones (excluding diaryl/α,β-unsaturated/α-hetero) is 1. The van der Waals surface area contributed by atoms with Crippen molar-refractivity contribution in [3.63, 3.8) is 0 Å². The molecule has 0 radical (unpaired) electrons. The zero-order valence-corrected chi connectivity index (χ0v) is 10.6. The van der Waals surface area contributed by atoms with Crippen LogP contribution >= 0.6 is 22.9 Å². The third-order valence-electron chi connectivity index (χ3n) is 2.21. The van der Waals surface area contributed by atoms with Crippen LogP contribution in [0.15, 0.2) is 41.8 Å². The van der Waals surface area contributed by atoms with Gasteiger partial charge in [0, 0.05) is 5.02 Å². The van der Waals surface area contributed by atoms with E-state index in [0.29, 0.717) is 11.6 Å². The molecule has 0 aliphatic heterocycles. The smallest absolute Gasteiger partial charge is 0.198 e. The normalized spacial score (nSPS) is 10.4. The molecule has 88 valence electrons. The Labute approximate surface area is 109 Å². The number of hydrogen-bond acceptors (Lipinski definition) is 3. The van der Waals surface area contributed by atoms with Crippen LogP contribution < -0.4 is 0 Å². The largest absolute Gasteiger partial charge is 0.369 e. The van der Waals surface area contributed by atoms with Crippen molar-refractivity contribution >= 4 is 28.7 Å². The Hall–Kier alpha value is -1.16. The fourth-order valence-corrected chi connectivity index (χ4v) is 2.13. The van der Waals surface area contributed by atoms with E-state index < -0.39 is 0 Å². The first-order chi connectivity index (χ1) is 8.25. The molecule has 0 bridgehead atoms. The van der Waals surface area contributed by atoms with Gasteiger partial charge < -0.3 is 4.74 Å². The predicted molar refractivity (Wildman–Crippen MR) is 69.8 cm³/mol. The number of ether oxygens (including phenoxy) is 1. The molecule has 17 heavy (non-hydrogen) atoms. The van der Waals surface area contributed by atoms with Gasteiger partial charge in [-0.3, -0.25) is 4.79 Å². The molecule has 0 atom stereocenters. The monoisotopic (exact) mass is 266 g/mol. The first-order valence-electron chi connectivity index (χ1n) is 5.14. The lowest BCUT2D eigenvalue weighted by atomic mass is 10.2. The van der Waals surface area contributed by atoms with Gasteiger partial charge in [-0.15, -0.1) is 11.3 Å². The Morgan fingerprint density at radius 1 is 1.24 bits per heavy atom. The third-order valence-corrected chi connectivity index (χ3v) is 3.37. The summed E-state index contributed by atoms with van der Waals surface area (Å²) in [7, 11) is 0. The fraction of sp³-hybridized carbons (Fsp3) is 0.154. The molecule has 4 heteroatoms. The van der Waals surface area contributed by atoms with E-state index in [9.17, 15) is 4.79 Å². The average Bonchev–Trinajstić information content (AvgIpc) is 2.85. The number of thiophene rings is 1. The number of benzene rings is 1. The Morgan fingerprint density at radius 3 is 2.65 bits per heavy atom. The van der Waals surface area contributed by atoms with Crippen molar-refractivity contribution in [3.05, 3.63) is 57.2 Å². The van der Waals surface area contributed by atoms with Crippen LogP contribution in [0.1, 0.15) is 15.2 Å². The molecule has 1 aromatic heterocycles. The predicted octanol–water partition coefficient (Wildman–Crippen LogP) is 3.80. The van der Waals surface area contributed by atoms with Crippen molar-refractivity contribution in [1.82, 2.24) is 0 Å². The minimum absolute atomic E-state index is 0.0222. The maximum atomic E-state index is 11.6. The van der Waals surface area contributed by atoms with Gasteiger partial charge in [0.05, 0.1) is 11.5 Å². The molecule has 0 unspecified atom stereocenters. The van der Waals surface area contributed by atoms with Gasteiger partial charge in [0.1, 0.15) is 6.61 Å². The van der Waals surface area contributed by atoms with Crippen LogP contribution in [0.4, 0.5) is 0 Å². The highest BCUT2D eigenvalue weighted by molar-refractivity contribution is 7.12. The lowest BCUT2D eigenvalue weighted by Gasteiger charge is -2.03. The number of hydrogen-bond donors (Lipinski definition) is 0. The van der Waals surface area contributed by atoms with Crippen molar-refractivity contribution in [2.45, 2.75) is 6.61 Å². The molecular formula is C13H11ClO2S. The van der Waals surface area contributed by atoms with Crippen molar-refractivity contribution in [2.24, 2.45) is 0 Å². The third kappa shape index (κ3) is 3.66. The molecule has 0 spiro atoms. The zero-order chi connectivity index (χ0) is 12.1. The van der Waals surface area contributed by atoms with E-state index in [1.54, 1.807) is 18.2 Å². The summed E-state index contributed by atoms with van der Waals surface area (Å²) in [5, 5.41) is 2.58. The van der Waals surface area contributed by atoms with E-state index in [1.165, 1.54) is 11.3 Å². The second-order valence-corrected chi connectivity index (χ2v) is 4.90. The van der Waals surface area contributed by atoms with Gasteiger partial charge in [0.25, 0.3) is 0 Å². The van der Waals surface area contributed by atoms with Crippen LogP contribution in [0.2, 0.25) is 5.02 Å². The molecule has 0 aliphatic rings. The van der Waals surface area contributed by atoms with Crippen molar-refractivity contribution in [2.75, 3.05) is 6.61 Å². The van der Waals surface area contributed by atoms with Crippen molar-refractivity contribution in [3.8, 4) is 0 Å². The Kier molecular flexibility index (Phi) is 4.31. The molecule has 0 aliphatic carbocycles. The molecule has 0 saturated carbocycles. The maximum Gasteiger partial charge on any atom is 0.198 e. The van der Waals surface area contributed by atoms with E-state index in [4.69, 9.17) is 16.3 Å². The highest BCUT2D eigenvalue weighted by Gasteiger charge is 2.06. The van der Waals surface area contributed by atoms with Crippen LogP contribution in [0, 0.1) is 0 Å². The Bertz CT molecular complexity index is 477. The highest BCUT2D eigenvalue weighted by Crippen LogP contribution is 2.12. The highest BCUT2D eigenvalue weighted by atomic mass is 35.5.